The molecule has 2 nitrogen and oxygen atoms in total. The SMILES string of the molecule is Clc1ccc(C(OC2C[C@H]3CC[C@@H](C2)N3CCCc2ccccc2)c2ccccc2)cc1. The molecule has 0 aliphatic carbocycles. The number of halogens is 1. The van der Waals surface area contributed by atoms with Crippen molar-refractivity contribution in [3.05, 3.63) is 107 Å². The van der Waals surface area contributed by atoms with Gasteiger partial charge < -0.3 is 4.74 Å². The largest absolute Gasteiger partial charge is 0.365 e. The Labute approximate surface area is 197 Å². The maximum atomic E-state index is 6.84. The van der Waals surface area contributed by atoms with E-state index in [1.165, 1.54) is 48.9 Å². The van der Waals surface area contributed by atoms with E-state index < -0.39 is 0 Å². The molecule has 0 N–H and O–H groups in total. The van der Waals surface area contributed by atoms with Crippen LogP contribution in [-0.4, -0.2) is 29.6 Å². The number of ether oxygens (including phenoxy) is 1. The summed E-state index contributed by atoms with van der Waals surface area (Å²) in [6.07, 6.45) is 7.57. The predicted molar refractivity (Wildman–Crippen MR) is 132 cm³/mol. The van der Waals surface area contributed by atoms with Crippen molar-refractivity contribution in [2.45, 2.75) is 62.8 Å². The Morgan fingerprint density at radius 3 is 2.03 bits per heavy atom. The fourth-order valence-electron chi connectivity index (χ4n) is 5.62. The number of hydrogen-bond acceptors (Lipinski definition) is 2. The second-order valence-electron chi connectivity index (χ2n) is 9.28. The summed E-state index contributed by atoms with van der Waals surface area (Å²) in [5.41, 5.74) is 3.84. The second-order valence-corrected chi connectivity index (χ2v) is 9.72. The monoisotopic (exact) mass is 445 g/mol. The highest BCUT2D eigenvalue weighted by Crippen LogP contribution is 2.40. The minimum absolute atomic E-state index is 0.0394. The van der Waals surface area contributed by atoms with Gasteiger partial charge in [-0.25, -0.2) is 0 Å². The van der Waals surface area contributed by atoms with Crippen molar-refractivity contribution in [1.29, 1.82) is 0 Å². The molecule has 2 aliphatic heterocycles. The van der Waals surface area contributed by atoms with Crippen LogP contribution in [0.4, 0.5) is 0 Å². The van der Waals surface area contributed by atoms with Gasteiger partial charge in [0.15, 0.2) is 0 Å². The minimum Gasteiger partial charge on any atom is -0.365 e. The van der Waals surface area contributed by atoms with Crippen molar-refractivity contribution >= 4 is 11.6 Å². The molecule has 0 saturated carbocycles. The molecule has 0 aromatic heterocycles. The maximum absolute atomic E-state index is 6.84. The molecular weight excluding hydrogens is 414 g/mol. The molecule has 2 fully saturated rings. The van der Waals surface area contributed by atoms with Crippen LogP contribution in [0, 0.1) is 0 Å². The first-order valence-corrected chi connectivity index (χ1v) is 12.4. The Balaban J connectivity index is 1.23. The van der Waals surface area contributed by atoms with Crippen LogP contribution in [-0.2, 0) is 11.2 Å². The summed E-state index contributed by atoms with van der Waals surface area (Å²) in [7, 11) is 0. The van der Waals surface area contributed by atoms with Crippen molar-refractivity contribution in [2.75, 3.05) is 6.54 Å². The molecule has 2 bridgehead atoms. The number of hydrogen-bond donors (Lipinski definition) is 0. The minimum atomic E-state index is -0.0394. The molecule has 0 radical (unpaired) electrons. The highest BCUT2D eigenvalue weighted by atomic mass is 35.5. The first kappa shape index (κ1) is 21.7. The lowest BCUT2D eigenvalue weighted by molar-refractivity contribution is -0.0482. The van der Waals surface area contributed by atoms with Crippen LogP contribution in [0.15, 0.2) is 84.9 Å². The first-order valence-electron chi connectivity index (χ1n) is 12.0. The zero-order valence-corrected chi connectivity index (χ0v) is 19.3. The lowest BCUT2D eigenvalue weighted by Crippen LogP contribution is -2.46. The zero-order valence-electron chi connectivity index (χ0n) is 18.6. The highest BCUT2D eigenvalue weighted by molar-refractivity contribution is 6.30. The Kier molecular flexibility index (Phi) is 6.92. The van der Waals surface area contributed by atoms with E-state index in [-0.39, 0.29) is 6.10 Å². The number of piperidine rings is 1. The average Bonchev–Trinajstić information content (AvgIpc) is 3.07. The molecule has 3 aromatic carbocycles. The van der Waals surface area contributed by atoms with E-state index in [0.717, 1.165) is 17.9 Å². The molecule has 0 amide bonds. The Bertz CT molecular complexity index is 961. The molecule has 2 unspecified atom stereocenters. The van der Waals surface area contributed by atoms with Gasteiger partial charge in [0.25, 0.3) is 0 Å². The van der Waals surface area contributed by atoms with Gasteiger partial charge in [-0.1, -0.05) is 84.4 Å². The van der Waals surface area contributed by atoms with Crippen molar-refractivity contribution < 1.29 is 4.74 Å². The molecule has 3 heteroatoms. The number of rotatable bonds is 8. The molecule has 0 spiro atoms. The quantitative estimate of drug-likeness (QED) is 0.367. The van der Waals surface area contributed by atoms with Crippen molar-refractivity contribution in [3.63, 3.8) is 0 Å². The average molecular weight is 446 g/mol. The van der Waals surface area contributed by atoms with E-state index in [1.54, 1.807) is 0 Å². The summed E-state index contributed by atoms with van der Waals surface area (Å²) in [5.74, 6) is 0. The van der Waals surface area contributed by atoms with Gasteiger partial charge in [-0.15, -0.1) is 0 Å². The van der Waals surface area contributed by atoms with E-state index in [0.29, 0.717) is 18.2 Å². The fourth-order valence-corrected chi connectivity index (χ4v) is 5.74. The van der Waals surface area contributed by atoms with Crippen LogP contribution in [0.25, 0.3) is 0 Å². The van der Waals surface area contributed by atoms with Crippen LogP contribution < -0.4 is 0 Å². The molecule has 2 aliphatic rings. The van der Waals surface area contributed by atoms with Gasteiger partial charge in [-0.2, -0.15) is 0 Å². The third-order valence-electron chi connectivity index (χ3n) is 7.17. The molecule has 166 valence electrons. The van der Waals surface area contributed by atoms with Gasteiger partial charge in [0, 0.05) is 17.1 Å². The van der Waals surface area contributed by atoms with Crippen molar-refractivity contribution in [1.82, 2.24) is 4.90 Å². The fraction of sp³-hybridized carbons (Fsp3) is 0.379. The zero-order chi connectivity index (χ0) is 21.8. The highest BCUT2D eigenvalue weighted by Gasteiger charge is 2.41. The Morgan fingerprint density at radius 1 is 0.781 bits per heavy atom. The summed E-state index contributed by atoms with van der Waals surface area (Å²) in [6.45, 7) is 1.20. The normalized spacial score (nSPS) is 23.8. The van der Waals surface area contributed by atoms with E-state index in [1.807, 2.05) is 12.1 Å². The van der Waals surface area contributed by atoms with Gasteiger partial charge in [0.1, 0.15) is 6.10 Å². The summed E-state index contributed by atoms with van der Waals surface area (Å²) in [4.78, 5) is 2.78. The summed E-state index contributed by atoms with van der Waals surface area (Å²) >= 11 is 6.15. The van der Waals surface area contributed by atoms with Gasteiger partial charge in [-0.05, 0) is 73.9 Å². The van der Waals surface area contributed by atoms with Crippen LogP contribution >= 0.6 is 11.6 Å². The van der Waals surface area contributed by atoms with E-state index in [4.69, 9.17) is 16.3 Å². The number of fused-ring (bicyclic) bond motifs is 2. The third-order valence-corrected chi connectivity index (χ3v) is 7.42. The molecule has 2 saturated heterocycles. The lowest BCUT2D eigenvalue weighted by Gasteiger charge is -2.40. The standard InChI is InChI=1S/C29H32ClNO/c30-25-15-13-24(14-16-25)29(23-11-5-2-6-12-23)32-28-20-26-17-18-27(21-28)31(26)19-7-10-22-8-3-1-4-9-22/h1-6,8-9,11-16,26-29H,7,10,17-21H2/t26-,27+,28?,29?. The number of nitrogens with zero attached hydrogens (tertiary/aromatic N) is 1. The molecule has 5 rings (SSSR count). The van der Waals surface area contributed by atoms with Crippen LogP contribution in [0.2, 0.25) is 5.02 Å². The van der Waals surface area contributed by atoms with Crippen molar-refractivity contribution in [2.24, 2.45) is 0 Å². The topological polar surface area (TPSA) is 12.5 Å². The Morgan fingerprint density at radius 2 is 1.38 bits per heavy atom. The molecule has 4 atom stereocenters. The van der Waals surface area contributed by atoms with Crippen LogP contribution in [0.5, 0.6) is 0 Å². The van der Waals surface area contributed by atoms with E-state index in [2.05, 4.69) is 77.7 Å². The molecule has 3 aromatic rings. The second kappa shape index (κ2) is 10.2. The van der Waals surface area contributed by atoms with E-state index >= 15 is 0 Å². The predicted octanol–water partition coefficient (Wildman–Crippen LogP) is 7.07. The third kappa shape index (κ3) is 5.09. The smallest absolute Gasteiger partial charge is 0.108 e. The summed E-state index contributed by atoms with van der Waals surface area (Å²) < 4.78 is 6.84. The first-order chi connectivity index (χ1) is 15.8. The van der Waals surface area contributed by atoms with Crippen LogP contribution in [0.3, 0.4) is 0 Å². The van der Waals surface area contributed by atoms with E-state index in [9.17, 15) is 0 Å². The molecule has 2 heterocycles. The van der Waals surface area contributed by atoms with Crippen molar-refractivity contribution in [3.8, 4) is 0 Å². The number of benzene rings is 3. The van der Waals surface area contributed by atoms with Gasteiger partial charge >= 0.3 is 0 Å². The molecule has 32 heavy (non-hydrogen) atoms. The van der Waals surface area contributed by atoms with Gasteiger partial charge in [-0.3, -0.25) is 4.90 Å². The lowest BCUT2D eigenvalue weighted by atomic mass is 9.96. The Hall–Kier alpha value is -2.13. The number of aryl methyl sites for hydroxylation is 1. The molecular formula is C29H32ClNO. The summed E-state index contributed by atoms with van der Waals surface area (Å²) in [6, 6.07) is 31.0. The van der Waals surface area contributed by atoms with Crippen LogP contribution in [0.1, 0.15) is 54.9 Å². The van der Waals surface area contributed by atoms with Gasteiger partial charge in [0.05, 0.1) is 6.10 Å². The van der Waals surface area contributed by atoms with Gasteiger partial charge in [0.2, 0.25) is 0 Å². The maximum Gasteiger partial charge on any atom is 0.108 e. The summed E-state index contributed by atoms with van der Waals surface area (Å²) in [5, 5.41) is 0.766.